The van der Waals surface area contributed by atoms with E-state index in [0.717, 1.165) is 4.80 Å². The largest absolute Gasteiger partial charge is 0.396 e. The van der Waals surface area contributed by atoms with Crippen molar-refractivity contribution in [3.8, 4) is 5.69 Å². The molecule has 0 unspecified atom stereocenters. The van der Waals surface area contributed by atoms with E-state index in [1.165, 1.54) is 24.3 Å². The number of halogens is 1. The molecule has 3 N–H and O–H groups in total. The molecule has 7 nitrogen and oxygen atoms in total. The molecular formula is C13H15FN4O3. The summed E-state index contributed by atoms with van der Waals surface area (Å²) in [6.45, 7) is -0.178. The van der Waals surface area contributed by atoms with Crippen LogP contribution >= 0.6 is 0 Å². The fourth-order valence-corrected chi connectivity index (χ4v) is 1.67. The number of amides is 1. The highest BCUT2D eigenvalue weighted by Crippen LogP contribution is 2.10. The molecule has 1 aromatic heterocycles. The third-order valence-corrected chi connectivity index (χ3v) is 2.73. The minimum Gasteiger partial charge on any atom is -0.396 e. The van der Waals surface area contributed by atoms with Crippen LogP contribution in [0.4, 0.5) is 4.39 Å². The Morgan fingerprint density at radius 1 is 1.24 bits per heavy atom. The predicted molar refractivity (Wildman–Crippen MR) is 71.3 cm³/mol. The molecule has 1 heterocycles. The van der Waals surface area contributed by atoms with Crippen LogP contribution < -0.4 is 5.32 Å². The summed E-state index contributed by atoms with van der Waals surface area (Å²) >= 11 is 0. The van der Waals surface area contributed by atoms with Crippen molar-refractivity contribution in [3.63, 3.8) is 0 Å². The topological polar surface area (TPSA) is 100 Å². The van der Waals surface area contributed by atoms with Crippen molar-refractivity contribution < 1.29 is 19.4 Å². The zero-order valence-electron chi connectivity index (χ0n) is 11.2. The fourth-order valence-electron chi connectivity index (χ4n) is 1.67. The van der Waals surface area contributed by atoms with Gasteiger partial charge < -0.3 is 15.5 Å². The third-order valence-electron chi connectivity index (χ3n) is 2.73. The van der Waals surface area contributed by atoms with E-state index in [1.54, 1.807) is 0 Å². The molecule has 2 aromatic rings. The molecule has 0 bridgehead atoms. The molecule has 0 aliphatic rings. The summed E-state index contributed by atoms with van der Waals surface area (Å²) in [6.07, 6.45) is 0.423. The number of carbonyl (C=O) groups is 1. The monoisotopic (exact) mass is 294 g/mol. The molecule has 1 amide bonds. The Morgan fingerprint density at radius 2 is 1.95 bits per heavy atom. The van der Waals surface area contributed by atoms with Gasteiger partial charge in [0.1, 0.15) is 11.5 Å². The summed E-state index contributed by atoms with van der Waals surface area (Å²) in [4.78, 5) is 13.1. The maximum atomic E-state index is 12.9. The Morgan fingerprint density at radius 3 is 2.57 bits per heavy atom. The number of nitrogens with zero attached hydrogens (tertiary/aromatic N) is 3. The van der Waals surface area contributed by atoms with Crippen LogP contribution in [0.1, 0.15) is 22.6 Å². The molecule has 8 heteroatoms. The standard InChI is InChI=1S/C13H15FN4O3/c14-9-2-4-10(5-3-9)18-16-11(8-20)12(17-18)13(21)15-6-1-7-19/h2-5,19-20H,1,6-8H2,(H,15,21). The maximum absolute atomic E-state index is 12.9. The lowest BCUT2D eigenvalue weighted by atomic mass is 10.3. The number of aromatic nitrogens is 3. The maximum Gasteiger partial charge on any atom is 0.273 e. The first-order valence-corrected chi connectivity index (χ1v) is 6.37. The third kappa shape index (κ3) is 3.61. The first-order valence-electron chi connectivity index (χ1n) is 6.37. The molecule has 0 saturated heterocycles. The van der Waals surface area contributed by atoms with Crippen molar-refractivity contribution in [2.45, 2.75) is 13.0 Å². The Bertz CT molecular complexity index is 612. The zero-order valence-corrected chi connectivity index (χ0v) is 11.2. The van der Waals surface area contributed by atoms with Crippen LogP contribution in [0.3, 0.4) is 0 Å². The van der Waals surface area contributed by atoms with Gasteiger partial charge in [-0.05, 0) is 30.7 Å². The number of aliphatic hydroxyl groups excluding tert-OH is 2. The molecule has 0 aliphatic carbocycles. The Balaban J connectivity index is 2.22. The Labute approximate surface area is 120 Å². The molecule has 2 rings (SSSR count). The normalized spacial score (nSPS) is 10.6. The van der Waals surface area contributed by atoms with Gasteiger partial charge >= 0.3 is 0 Å². The lowest BCUT2D eigenvalue weighted by Crippen LogP contribution is -2.26. The van der Waals surface area contributed by atoms with E-state index in [9.17, 15) is 14.3 Å². The Hall–Kier alpha value is -2.32. The molecule has 0 fully saturated rings. The van der Waals surface area contributed by atoms with E-state index in [0.29, 0.717) is 18.7 Å². The summed E-state index contributed by atoms with van der Waals surface area (Å²) < 4.78 is 12.9. The van der Waals surface area contributed by atoms with Crippen molar-refractivity contribution in [1.29, 1.82) is 0 Å². The van der Waals surface area contributed by atoms with Gasteiger partial charge in [0.2, 0.25) is 0 Å². The van der Waals surface area contributed by atoms with E-state index >= 15 is 0 Å². The minimum absolute atomic E-state index is 0.000218. The van der Waals surface area contributed by atoms with E-state index < -0.39 is 18.3 Å². The molecule has 112 valence electrons. The van der Waals surface area contributed by atoms with Gasteiger partial charge in [0.15, 0.2) is 5.69 Å². The number of carbonyl (C=O) groups excluding carboxylic acids is 1. The predicted octanol–water partition coefficient (Wildman–Crippen LogP) is 0.0109. The van der Waals surface area contributed by atoms with Crippen LogP contribution in [0.2, 0.25) is 0 Å². The van der Waals surface area contributed by atoms with Gasteiger partial charge in [0.05, 0.1) is 12.3 Å². The van der Waals surface area contributed by atoms with Crippen molar-refractivity contribution in [1.82, 2.24) is 20.3 Å². The number of hydrogen-bond donors (Lipinski definition) is 3. The quantitative estimate of drug-likeness (QED) is 0.652. The zero-order chi connectivity index (χ0) is 15.2. The number of aliphatic hydroxyl groups is 2. The lowest BCUT2D eigenvalue weighted by molar-refractivity contribution is 0.0942. The summed E-state index contributed by atoms with van der Waals surface area (Å²) in [5, 5.41) is 28.5. The van der Waals surface area contributed by atoms with E-state index in [4.69, 9.17) is 5.11 Å². The second-order valence-corrected chi connectivity index (χ2v) is 4.25. The van der Waals surface area contributed by atoms with Gasteiger partial charge in [-0.1, -0.05) is 0 Å². The minimum atomic E-state index is -0.485. The van der Waals surface area contributed by atoms with Crippen molar-refractivity contribution in [2.75, 3.05) is 13.2 Å². The van der Waals surface area contributed by atoms with Gasteiger partial charge in [-0.15, -0.1) is 10.2 Å². The highest BCUT2D eigenvalue weighted by molar-refractivity contribution is 5.93. The van der Waals surface area contributed by atoms with Crippen LogP contribution in [-0.4, -0.2) is 44.3 Å². The van der Waals surface area contributed by atoms with E-state index in [2.05, 4.69) is 15.5 Å². The molecule has 0 saturated carbocycles. The summed E-state index contributed by atoms with van der Waals surface area (Å²) in [5.74, 6) is -0.879. The van der Waals surface area contributed by atoms with Crippen molar-refractivity contribution in [2.24, 2.45) is 0 Å². The smallest absolute Gasteiger partial charge is 0.273 e. The molecule has 0 aliphatic heterocycles. The summed E-state index contributed by atoms with van der Waals surface area (Å²) in [5.41, 5.74) is 0.598. The van der Waals surface area contributed by atoms with Gasteiger partial charge in [-0.3, -0.25) is 4.79 Å². The van der Waals surface area contributed by atoms with Crippen LogP contribution in [0.15, 0.2) is 24.3 Å². The highest BCUT2D eigenvalue weighted by Gasteiger charge is 2.18. The van der Waals surface area contributed by atoms with Gasteiger partial charge in [0, 0.05) is 13.2 Å². The SMILES string of the molecule is O=C(NCCCO)c1nn(-c2ccc(F)cc2)nc1CO. The number of nitrogens with one attached hydrogen (secondary N) is 1. The lowest BCUT2D eigenvalue weighted by Gasteiger charge is -2.01. The average molecular weight is 294 g/mol. The van der Waals surface area contributed by atoms with Crippen molar-refractivity contribution in [3.05, 3.63) is 41.5 Å². The van der Waals surface area contributed by atoms with Gasteiger partial charge in [0.25, 0.3) is 5.91 Å². The van der Waals surface area contributed by atoms with Crippen LogP contribution in [0, 0.1) is 5.82 Å². The van der Waals surface area contributed by atoms with E-state index in [-0.39, 0.29) is 18.0 Å². The number of benzene rings is 1. The molecular weight excluding hydrogens is 279 g/mol. The molecule has 21 heavy (non-hydrogen) atoms. The molecule has 0 spiro atoms. The molecule has 1 aromatic carbocycles. The first kappa shape index (κ1) is 15.1. The second kappa shape index (κ2) is 6.91. The molecule has 0 atom stereocenters. The van der Waals surface area contributed by atoms with E-state index in [1.807, 2.05) is 0 Å². The number of rotatable bonds is 6. The average Bonchev–Trinajstić information content (AvgIpc) is 2.92. The number of hydrogen-bond acceptors (Lipinski definition) is 5. The first-order chi connectivity index (χ1) is 10.2. The van der Waals surface area contributed by atoms with Crippen molar-refractivity contribution >= 4 is 5.91 Å². The van der Waals surface area contributed by atoms with Crippen LogP contribution in [0.5, 0.6) is 0 Å². The van der Waals surface area contributed by atoms with Crippen LogP contribution in [0.25, 0.3) is 5.69 Å². The van der Waals surface area contributed by atoms with Crippen LogP contribution in [-0.2, 0) is 6.61 Å². The summed E-state index contributed by atoms with van der Waals surface area (Å²) in [7, 11) is 0. The fraction of sp³-hybridized carbons (Fsp3) is 0.308. The Kier molecular flexibility index (Phi) is 4.96. The van der Waals surface area contributed by atoms with Gasteiger partial charge in [-0.2, -0.15) is 4.80 Å². The highest BCUT2D eigenvalue weighted by atomic mass is 19.1. The van der Waals surface area contributed by atoms with Gasteiger partial charge in [-0.25, -0.2) is 4.39 Å². The molecule has 0 radical (unpaired) electrons. The second-order valence-electron chi connectivity index (χ2n) is 4.25. The summed E-state index contributed by atoms with van der Waals surface area (Å²) in [6, 6.07) is 5.42.